The fraction of sp³-hybridized carbons (Fsp3) is 0.0909. The zero-order valence-corrected chi connectivity index (χ0v) is 16.4. The van der Waals surface area contributed by atoms with Crippen molar-refractivity contribution in [3.8, 4) is 0 Å². The van der Waals surface area contributed by atoms with Crippen molar-refractivity contribution in [2.24, 2.45) is 5.73 Å². The van der Waals surface area contributed by atoms with Crippen molar-refractivity contribution in [2.75, 3.05) is 5.32 Å². The number of aromatic nitrogens is 3. The van der Waals surface area contributed by atoms with E-state index in [1.54, 1.807) is 37.4 Å². The first-order valence-electron chi connectivity index (χ1n) is 9.31. The Balaban J connectivity index is 1.62. The molecular weight excluding hydrogens is 404 g/mol. The van der Waals surface area contributed by atoms with Crippen LogP contribution in [0.25, 0.3) is 10.9 Å². The van der Waals surface area contributed by atoms with E-state index in [2.05, 4.69) is 15.4 Å². The minimum atomic E-state index is -0.940. The van der Waals surface area contributed by atoms with Crippen molar-refractivity contribution in [3.05, 3.63) is 88.9 Å². The topological polar surface area (TPSA) is 103 Å². The maximum absolute atomic E-state index is 13.4. The molecule has 0 bridgehead atoms. The van der Waals surface area contributed by atoms with Crippen LogP contribution in [0.3, 0.4) is 0 Å². The van der Waals surface area contributed by atoms with Crippen LogP contribution in [0.1, 0.15) is 32.1 Å². The molecule has 0 unspecified atom stereocenters. The Morgan fingerprint density at radius 2 is 1.87 bits per heavy atom. The minimum absolute atomic E-state index is 0.0189. The van der Waals surface area contributed by atoms with Crippen molar-refractivity contribution in [1.82, 2.24) is 14.8 Å². The summed E-state index contributed by atoms with van der Waals surface area (Å²) in [7, 11) is 0. The molecule has 4 aromatic rings. The summed E-state index contributed by atoms with van der Waals surface area (Å²) in [5, 5.41) is 7.65. The number of fused-ring (bicyclic) bond motifs is 1. The van der Waals surface area contributed by atoms with Crippen molar-refractivity contribution in [1.29, 1.82) is 0 Å². The zero-order chi connectivity index (χ0) is 22.1. The first-order chi connectivity index (χ1) is 14.8. The van der Waals surface area contributed by atoms with Gasteiger partial charge in [0.2, 0.25) is 0 Å². The summed E-state index contributed by atoms with van der Waals surface area (Å²) in [6.45, 7) is 1.90. The van der Waals surface area contributed by atoms with Crippen LogP contribution in [0.5, 0.6) is 0 Å². The molecule has 0 radical (unpaired) electrons. The van der Waals surface area contributed by atoms with Gasteiger partial charge in [0.05, 0.1) is 29.0 Å². The summed E-state index contributed by atoms with van der Waals surface area (Å²) in [6.07, 6.45) is 1.59. The van der Waals surface area contributed by atoms with E-state index in [0.29, 0.717) is 27.8 Å². The molecule has 3 N–H and O–H groups in total. The number of carbonyl (C=O) groups excluding carboxylic acids is 2. The summed E-state index contributed by atoms with van der Waals surface area (Å²) >= 11 is 0. The Morgan fingerprint density at radius 1 is 1.10 bits per heavy atom. The third kappa shape index (κ3) is 4.11. The SMILES string of the molecule is Cc1nn(Cc2ccc(F)c(F)c2)cc1NC(=O)c1cc(C(N)=O)nc2ccccc12. The van der Waals surface area contributed by atoms with E-state index >= 15 is 0 Å². The van der Waals surface area contributed by atoms with Crippen molar-refractivity contribution < 1.29 is 18.4 Å². The minimum Gasteiger partial charge on any atom is -0.364 e. The van der Waals surface area contributed by atoms with Gasteiger partial charge in [0.25, 0.3) is 11.8 Å². The van der Waals surface area contributed by atoms with Crippen LogP contribution in [-0.2, 0) is 6.54 Å². The van der Waals surface area contributed by atoms with E-state index in [-0.39, 0.29) is 17.8 Å². The van der Waals surface area contributed by atoms with Gasteiger partial charge in [-0.15, -0.1) is 0 Å². The molecule has 2 heterocycles. The summed E-state index contributed by atoms with van der Waals surface area (Å²) in [6, 6.07) is 11.9. The number of amides is 2. The van der Waals surface area contributed by atoms with Gasteiger partial charge >= 0.3 is 0 Å². The molecule has 2 amide bonds. The van der Waals surface area contributed by atoms with E-state index < -0.39 is 23.4 Å². The average Bonchev–Trinajstić information content (AvgIpc) is 3.08. The van der Waals surface area contributed by atoms with Crippen LogP contribution in [0.2, 0.25) is 0 Å². The lowest BCUT2D eigenvalue weighted by Gasteiger charge is -2.08. The monoisotopic (exact) mass is 421 g/mol. The van der Waals surface area contributed by atoms with Gasteiger partial charge in [0.15, 0.2) is 11.6 Å². The fourth-order valence-corrected chi connectivity index (χ4v) is 3.23. The van der Waals surface area contributed by atoms with Gasteiger partial charge in [-0.25, -0.2) is 13.8 Å². The number of nitrogens with zero attached hydrogens (tertiary/aromatic N) is 3. The second kappa shape index (κ2) is 7.94. The number of rotatable bonds is 5. The van der Waals surface area contributed by atoms with Gasteiger partial charge < -0.3 is 11.1 Å². The standard InChI is InChI=1S/C22H17F2N5O2/c1-12-20(11-29(28-12)10-13-6-7-16(23)17(24)8-13)27-22(31)15-9-19(21(25)30)26-18-5-3-2-4-14(15)18/h2-9,11H,10H2,1H3,(H2,25,30)(H,27,31). The van der Waals surface area contributed by atoms with Crippen molar-refractivity contribution >= 4 is 28.4 Å². The number of carbonyl (C=O) groups is 2. The maximum atomic E-state index is 13.4. The number of aryl methyl sites for hydroxylation is 1. The number of para-hydroxylation sites is 1. The van der Waals surface area contributed by atoms with Crippen molar-refractivity contribution in [3.63, 3.8) is 0 Å². The fourth-order valence-electron chi connectivity index (χ4n) is 3.23. The van der Waals surface area contributed by atoms with Crippen LogP contribution in [0.4, 0.5) is 14.5 Å². The highest BCUT2D eigenvalue weighted by Gasteiger charge is 2.17. The third-order valence-corrected chi connectivity index (χ3v) is 4.74. The number of hydrogen-bond acceptors (Lipinski definition) is 4. The molecular formula is C22H17F2N5O2. The predicted molar refractivity (Wildman–Crippen MR) is 111 cm³/mol. The second-order valence-electron chi connectivity index (χ2n) is 6.96. The van der Waals surface area contributed by atoms with Gasteiger partial charge in [-0.3, -0.25) is 14.3 Å². The number of hydrogen-bond donors (Lipinski definition) is 2. The lowest BCUT2D eigenvalue weighted by atomic mass is 10.1. The molecule has 0 aliphatic heterocycles. The predicted octanol–water partition coefficient (Wildman–Crippen LogP) is 3.42. The van der Waals surface area contributed by atoms with Crippen molar-refractivity contribution in [2.45, 2.75) is 13.5 Å². The van der Waals surface area contributed by atoms with Crippen LogP contribution in [0.15, 0.2) is 54.7 Å². The van der Waals surface area contributed by atoms with Crippen LogP contribution >= 0.6 is 0 Å². The molecule has 2 aromatic heterocycles. The highest BCUT2D eigenvalue weighted by Crippen LogP contribution is 2.21. The molecule has 0 atom stereocenters. The van der Waals surface area contributed by atoms with Crippen LogP contribution < -0.4 is 11.1 Å². The van der Waals surface area contributed by atoms with Gasteiger partial charge in [0.1, 0.15) is 5.69 Å². The Bertz CT molecular complexity index is 1330. The van der Waals surface area contributed by atoms with E-state index in [4.69, 9.17) is 5.73 Å². The first-order valence-corrected chi connectivity index (χ1v) is 9.31. The molecule has 4 rings (SSSR count). The highest BCUT2D eigenvalue weighted by atomic mass is 19.2. The quantitative estimate of drug-likeness (QED) is 0.515. The Kier molecular flexibility index (Phi) is 5.16. The molecule has 0 saturated carbocycles. The molecule has 0 saturated heterocycles. The number of anilines is 1. The molecule has 156 valence electrons. The van der Waals surface area contributed by atoms with E-state index in [0.717, 1.165) is 12.1 Å². The lowest BCUT2D eigenvalue weighted by Crippen LogP contribution is -2.17. The number of nitrogens with two attached hydrogens (primary N) is 1. The smallest absolute Gasteiger partial charge is 0.267 e. The lowest BCUT2D eigenvalue weighted by molar-refractivity contribution is 0.0996. The van der Waals surface area contributed by atoms with Gasteiger partial charge in [-0.2, -0.15) is 5.10 Å². The largest absolute Gasteiger partial charge is 0.364 e. The number of halogens is 2. The summed E-state index contributed by atoms with van der Waals surface area (Å²) in [5.41, 5.74) is 7.53. The molecule has 0 spiro atoms. The van der Waals surface area contributed by atoms with E-state index in [9.17, 15) is 18.4 Å². The number of nitrogens with one attached hydrogen (secondary N) is 1. The van der Waals surface area contributed by atoms with E-state index in [1.165, 1.54) is 16.8 Å². The zero-order valence-electron chi connectivity index (χ0n) is 16.4. The summed E-state index contributed by atoms with van der Waals surface area (Å²) in [4.78, 5) is 28.8. The number of pyridine rings is 1. The molecule has 2 aromatic carbocycles. The molecule has 9 heteroatoms. The Hall–Kier alpha value is -4.14. The molecule has 0 fully saturated rings. The first kappa shape index (κ1) is 20.1. The number of benzene rings is 2. The third-order valence-electron chi connectivity index (χ3n) is 4.74. The maximum Gasteiger partial charge on any atom is 0.267 e. The van der Waals surface area contributed by atoms with Crippen LogP contribution in [-0.4, -0.2) is 26.6 Å². The summed E-state index contributed by atoms with van der Waals surface area (Å²) in [5.74, 6) is -3.06. The highest BCUT2D eigenvalue weighted by molar-refractivity contribution is 6.13. The Morgan fingerprint density at radius 3 is 2.61 bits per heavy atom. The molecule has 0 aliphatic carbocycles. The normalized spacial score (nSPS) is 10.9. The van der Waals surface area contributed by atoms with Gasteiger partial charge in [-0.05, 0) is 36.8 Å². The van der Waals surface area contributed by atoms with Gasteiger partial charge in [0, 0.05) is 11.6 Å². The van der Waals surface area contributed by atoms with Crippen LogP contribution in [0, 0.1) is 18.6 Å². The second-order valence-corrected chi connectivity index (χ2v) is 6.96. The molecule has 7 nitrogen and oxygen atoms in total. The summed E-state index contributed by atoms with van der Waals surface area (Å²) < 4.78 is 28.1. The van der Waals surface area contributed by atoms with E-state index in [1.807, 2.05) is 0 Å². The number of primary amides is 1. The Labute approximate surface area is 175 Å². The average molecular weight is 421 g/mol. The molecule has 0 aliphatic rings. The van der Waals surface area contributed by atoms with Gasteiger partial charge in [-0.1, -0.05) is 24.3 Å². The molecule has 31 heavy (non-hydrogen) atoms.